The van der Waals surface area contributed by atoms with Gasteiger partial charge in [0, 0.05) is 17.6 Å². The largest absolute Gasteiger partial charge is 0.322 e. The van der Waals surface area contributed by atoms with Crippen molar-refractivity contribution in [2.24, 2.45) is 0 Å². The molecule has 3 aromatic rings. The number of amides is 1. The van der Waals surface area contributed by atoms with Gasteiger partial charge in [-0.25, -0.2) is 9.50 Å². The van der Waals surface area contributed by atoms with Crippen LogP contribution in [0.5, 0.6) is 0 Å². The summed E-state index contributed by atoms with van der Waals surface area (Å²) in [6, 6.07) is 11.3. The van der Waals surface area contributed by atoms with E-state index in [0.29, 0.717) is 16.9 Å². The van der Waals surface area contributed by atoms with E-state index in [-0.39, 0.29) is 5.91 Å². The van der Waals surface area contributed by atoms with Crippen LogP contribution >= 0.6 is 0 Å². The SMILES string of the molecule is CCCc1ccn2nc(C)c(C(=O)Nc3ccccc3)c2n1. The smallest absolute Gasteiger partial charge is 0.261 e. The molecule has 0 aliphatic carbocycles. The fourth-order valence-corrected chi connectivity index (χ4v) is 2.45. The number of anilines is 1. The topological polar surface area (TPSA) is 59.3 Å². The van der Waals surface area contributed by atoms with Crippen molar-refractivity contribution in [3.8, 4) is 0 Å². The van der Waals surface area contributed by atoms with Gasteiger partial charge in [-0.2, -0.15) is 5.10 Å². The van der Waals surface area contributed by atoms with Crippen LogP contribution in [0.25, 0.3) is 5.65 Å². The van der Waals surface area contributed by atoms with Crippen molar-refractivity contribution in [1.82, 2.24) is 14.6 Å². The number of hydrogen-bond donors (Lipinski definition) is 1. The Morgan fingerprint density at radius 1 is 1.23 bits per heavy atom. The fraction of sp³-hybridized carbons (Fsp3) is 0.235. The third kappa shape index (κ3) is 2.70. The van der Waals surface area contributed by atoms with E-state index < -0.39 is 0 Å². The molecule has 0 aliphatic heterocycles. The van der Waals surface area contributed by atoms with Crippen LogP contribution in [-0.2, 0) is 6.42 Å². The highest BCUT2D eigenvalue weighted by molar-refractivity contribution is 6.09. The number of carbonyl (C=O) groups excluding carboxylic acids is 1. The first-order chi connectivity index (χ1) is 10.7. The number of rotatable bonds is 4. The average Bonchev–Trinajstić information content (AvgIpc) is 2.84. The molecule has 5 heteroatoms. The standard InChI is InChI=1S/C17H18N4O/c1-3-7-13-10-11-21-16(18-13)15(12(2)20-21)17(22)19-14-8-5-4-6-9-14/h4-6,8-11H,3,7H2,1-2H3,(H,19,22). The predicted octanol–water partition coefficient (Wildman–Crippen LogP) is 3.24. The number of hydrogen-bond acceptors (Lipinski definition) is 3. The van der Waals surface area contributed by atoms with E-state index in [0.717, 1.165) is 24.2 Å². The molecular formula is C17H18N4O. The molecule has 0 atom stereocenters. The van der Waals surface area contributed by atoms with E-state index >= 15 is 0 Å². The highest BCUT2D eigenvalue weighted by Gasteiger charge is 2.18. The second-order valence-electron chi connectivity index (χ2n) is 5.22. The third-order valence-electron chi connectivity index (χ3n) is 3.48. The summed E-state index contributed by atoms with van der Waals surface area (Å²) in [6.45, 7) is 3.94. The Bertz CT molecular complexity index is 808. The molecule has 0 saturated carbocycles. The summed E-state index contributed by atoms with van der Waals surface area (Å²) >= 11 is 0. The number of nitrogens with one attached hydrogen (secondary N) is 1. The Kier molecular flexibility index (Phi) is 3.87. The maximum atomic E-state index is 12.6. The summed E-state index contributed by atoms with van der Waals surface area (Å²) < 4.78 is 1.66. The van der Waals surface area contributed by atoms with Crippen LogP contribution in [0.2, 0.25) is 0 Å². The molecule has 22 heavy (non-hydrogen) atoms. The molecule has 2 heterocycles. The number of aryl methyl sites for hydroxylation is 2. The third-order valence-corrected chi connectivity index (χ3v) is 3.48. The Balaban J connectivity index is 1.99. The molecule has 5 nitrogen and oxygen atoms in total. The molecule has 0 aliphatic rings. The van der Waals surface area contributed by atoms with Crippen LogP contribution in [0.3, 0.4) is 0 Å². The number of carbonyl (C=O) groups is 1. The van der Waals surface area contributed by atoms with Gasteiger partial charge in [0.2, 0.25) is 0 Å². The summed E-state index contributed by atoms with van der Waals surface area (Å²) in [5.41, 5.74) is 3.55. The predicted molar refractivity (Wildman–Crippen MR) is 86.1 cm³/mol. The quantitative estimate of drug-likeness (QED) is 0.803. The lowest BCUT2D eigenvalue weighted by molar-refractivity contribution is 0.102. The first kappa shape index (κ1) is 14.3. The molecule has 1 aromatic carbocycles. The molecule has 0 spiro atoms. The maximum Gasteiger partial charge on any atom is 0.261 e. The first-order valence-corrected chi connectivity index (χ1v) is 7.40. The lowest BCUT2D eigenvalue weighted by Crippen LogP contribution is -2.13. The Morgan fingerprint density at radius 3 is 2.73 bits per heavy atom. The van der Waals surface area contributed by atoms with Crippen LogP contribution in [0.1, 0.15) is 35.1 Å². The average molecular weight is 294 g/mol. The summed E-state index contributed by atoms with van der Waals surface area (Å²) in [4.78, 5) is 17.2. The molecule has 0 unspecified atom stereocenters. The number of fused-ring (bicyclic) bond motifs is 1. The number of benzene rings is 1. The lowest BCUT2D eigenvalue weighted by Gasteiger charge is -2.05. The van der Waals surface area contributed by atoms with E-state index in [9.17, 15) is 4.79 Å². The zero-order valence-corrected chi connectivity index (χ0v) is 12.7. The Hall–Kier alpha value is -2.69. The van der Waals surface area contributed by atoms with Gasteiger partial charge in [0.05, 0.1) is 5.69 Å². The van der Waals surface area contributed by atoms with Gasteiger partial charge in [-0.05, 0) is 31.5 Å². The summed E-state index contributed by atoms with van der Waals surface area (Å²) in [6.07, 6.45) is 3.77. The van der Waals surface area contributed by atoms with Crippen LogP contribution in [-0.4, -0.2) is 20.5 Å². The summed E-state index contributed by atoms with van der Waals surface area (Å²) in [7, 11) is 0. The van der Waals surface area contributed by atoms with Gasteiger partial charge in [-0.15, -0.1) is 0 Å². The van der Waals surface area contributed by atoms with E-state index in [2.05, 4.69) is 22.3 Å². The monoisotopic (exact) mass is 294 g/mol. The molecule has 1 N–H and O–H groups in total. The van der Waals surface area contributed by atoms with Crippen molar-refractivity contribution in [3.05, 3.63) is 59.5 Å². The molecule has 0 saturated heterocycles. The molecule has 3 rings (SSSR count). The van der Waals surface area contributed by atoms with E-state index in [1.54, 1.807) is 4.52 Å². The fourth-order valence-electron chi connectivity index (χ4n) is 2.45. The van der Waals surface area contributed by atoms with Crippen LogP contribution in [0.15, 0.2) is 42.6 Å². The summed E-state index contributed by atoms with van der Waals surface area (Å²) in [5.74, 6) is -0.181. The van der Waals surface area contributed by atoms with Crippen LogP contribution in [0, 0.1) is 6.92 Å². The van der Waals surface area contributed by atoms with Gasteiger partial charge in [-0.3, -0.25) is 4.79 Å². The van der Waals surface area contributed by atoms with Crippen molar-refractivity contribution >= 4 is 17.2 Å². The number of aromatic nitrogens is 3. The van der Waals surface area contributed by atoms with Gasteiger partial charge in [0.25, 0.3) is 5.91 Å². The molecule has 0 fully saturated rings. The van der Waals surface area contributed by atoms with Gasteiger partial charge < -0.3 is 5.32 Å². The highest BCUT2D eigenvalue weighted by atomic mass is 16.1. The lowest BCUT2D eigenvalue weighted by atomic mass is 10.2. The molecule has 1 amide bonds. The molecule has 0 radical (unpaired) electrons. The normalized spacial score (nSPS) is 10.8. The van der Waals surface area contributed by atoms with E-state index in [1.807, 2.05) is 49.5 Å². The van der Waals surface area contributed by atoms with Crippen molar-refractivity contribution in [3.63, 3.8) is 0 Å². The molecule has 0 bridgehead atoms. The number of nitrogens with zero attached hydrogens (tertiary/aromatic N) is 3. The first-order valence-electron chi connectivity index (χ1n) is 7.40. The molecular weight excluding hydrogens is 276 g/mol. The Morgan fingerprint density at radius 2 is 2.00 bits per heavy atom. The highest BCUT2D eigenvalue weighted by Crippen LogP contribution is 2.17. The van der Waals surface area contributed by atoms with Gasteiger partial charge >= 0.3 is 0 Å². The van der Waals surface area contributed by atoms with Gasteiger partial charge in [0.1, 0.15) is 5.56 Å². The van der Waals surface area contributed by atoms with Crippen molar-refractivity contribution in [2.75, 3.05) is 5.32 Å². The van der Waals surface area contributed by atoms with Crippen molar-refractivity contribution < 1.29 is 4.79 Å². The Labute approximate surface area is 129 Å². The van der Waals surface area contributed by atoms with Crippen molar-refractivity contribution in [1.29, 1.82) is 0 Å². The minimum absolute atomic E-state index is 0.181. The van der Waals surface area contributed by atoms with Gasteiger partial charge in [-0.1, -0.05) is 31.5 Å². The minimum Gasteiger partial charge on any atom is -0.322 e. The van der Waals surface area contributed by atoms with E-state index in [4.69, 9.17) is 0 Å². The zero-order chi connectivity index (χ0) is 15.5. The van der Waals surface area contributed by atoms with Crippen LogP contribution in [0.4, 0.5) is 5.69 Å². The second kappa shape index (κ2) is 5.97. The minimum atomic E-state index is -0.181. The summed E-state index contributed by atoms with van der Waals surface area (Å²) in [5, 5.41) is 7.27. The molecule has 112 valence electrons. The van der Waals surface area contributed by atoms with E-state index in [1.165, 1.54) is 0 Å². The second-order valence-corrected chi connectivity index (χ2v) is 5.22. The molecule has 2 aromatic heterocycles. The zero-order valence-electron chi connectivity index (χ0n) is 12.7. The number of para-hydroxylation sites is 1. The van der Waals surface area contributed by atoms with Crippen molar-refractivity contribution in [2.45, 2.75) is 26.7 Å². The maximum absolute atomic E-state index is 12.6. The van der Waals surface area contributed by atoms with Crippen LogP contribution < -0.4 is 5.32 Å². The van der Waals surface area contributed by atoms with Gasteiger partial charge in [0.15, 0.2) is 5.65 Å².